The number of allylic oxidation sites excluding steroid dienone is 2. The lowest BCUT2D eigenvalue weighted by Crippen LogP contribution is -2.08. The van der Waals surface area contributed by atoms with Gasteiger partial charge in [0.15, 0.2) is 11.3 Å². The minimum atomic E-state index is -4.63. The molecule has 0 atom stereocenters. The highest BCUT2D eigenvalue weighted by molar-refractivity contribution is 5.66. The molecule has 0 unspecified atom stereocenters. The molecule has 0 aromatic heterocycles. The van der Waals surface area contributed by atoms with Crippen LogP contribution in [0.15, 0.2) is 47.7 Å². The summed E-state index contributed by atoms with van der Waals surface area (Å²) in [4.78, 5) is 0. The van der Waals surface area contributed by atoms with Crippen LogP contribution >= 0.6 is 0 Å². The molecule has 152 valence electrons. The molecule has 0 amide bonds. The third-order valence-electron chi connectivity index (χ3n) is 4.16. The molecule has 0 spiro atoms. The van der Waals surface area contributed by atoms with Crippen LogP contribution in [0.3, 0.4) is 0 Å². The van der Waals surface area contributed by atoms with Gasteiger partial charge in [-0.1, -0.05) is 26.0 Å². The summed E-state index contributed by atoms with van der Waals surface area (Å²) < 4.78 is 45.5. The van der Waals surface area contributed by atoms with Gasteiger partial charge in [-0.05, 0) is 48.2 Å². The van der Waals surface area contributed by atoms with Gasteiger partial charge in [0.05, 0.1) is 11.3 Å². The first-order valence-electron chi connectivity index (χ1n) is 8.82. The Morgan fingerprint density at radius 2 is 1.63 bits per heavy atom. The number of anilines is 1. The number of hydrogen-bond acceptors (Lipinski definition) is 5. The maximum Gasteiger partial charge on any atom is 0.416 e. The van der Waals surface area contributed by atoms with E-state index in [1.165, 1.54) is 12.1 Å². The van der Waals surface area contributed by atoms with Crippen LogP contribution in [0.2, 0.25) is 0 Å². The zero-order chi connectivity index (χ0) is 22.5. The summed E-state index contributed by atoms with van der Waals surface area (Å²) in [5, 5.41) is 29.7. The fourth-order valence-corrected chi connectivity index (χ4v) is 2.64. The predicted molar refractivity (Wildman–Crippen MR) is 104 cm³/mol. The third-order valence-corrected chi connectivity index (χ3v) is 4.16. The Labute approximate surface area is 172 Å². The molecule has 2 aromatic rings. The van der Waals surface area contributed by atoms with Crippen molar-refractivity contribution in [2.45, 2.75) is 32.9 Å². The van der Waals surface area contributed by atoms with Crippen LogP contribution in [0.25, 0.3) is 0 Å². The Balaban J connectivity index is 2.63. The van der Waals surface area contributed by atoms with Crippen LogP contribution in [0, 0.1) is 40.9 Å². The smallest absolute Gasteiger partial charge is 0.416 e. The van der Waals surface area contributed by atoms with Crippen molar-refractivity contribution < 1.29 is 17.9 Å². The van der Waals surface area contributed by atoms with Crippen molar-refractivity contribution in [1.29, 1.82) is 15.8 Å². The number of nitrogens with one attached hydrogen (secondary N) is 1. The number of aryl methyl sites for hydroxylation is 1. The second-order valence-corrected chi connectivity index (χ2v) is 6.72. The van der Waals surface area contributed by atoms with E-state index in [0.717, 1.165) is 29.3 Å². The summed E-state index contributed by atoms with van der Waals surface area (Å²) in [6, 6.07) is 13.0. The number of nitriles is 3. The number of rotatable bonds is 5. The topological polar surface area (TPSA) is 92.6 Å². The SMILES string of the molecule is Cc1ccc(C(C)C)c(Oc2ccc(C(F)(F)F)cc2NC(C#N)=C(C#N)C#N)c1. The number of nitrogens with zero attached hydrogens (tertiary/aromatic N) is 3. The van der Waals surface area contributed by atoms with E-state index in [1.807, 2.05) is 32.9 Å². The van der Waals surface area contributed by atoms with E-state index >= 15 is 0 Å². The number of halogens is 3. The van der Waals surface area contributed by atoms with Crippen molar-refractivity contribution in [3.05, 3.63) is 64.4 Å². The van der Waals surface area contributed by atoms with E-state index in [1.54, 1.807) is 12.1 Å². The molecule has 0 bridgehead atoms. The van der Waals surface area contributed by atoms with Crippen molar-refractivity contribution in [2.24, 2.45) is 0 Å². The molecule has 0 radical (unpaired) electrons. The van der Waals surface area contributed by atoms with Crippen LogP contribution in [0.4, 0.5) is 18.9 Å². The van der Waals surface area contributed by atoms with E-state index in [9.17, 15) is 18.4 Å². The zero-order valence-electron chi connectivity index (χ0n) is 16.4. The standard InChI is InChI=1S/C22H17F3N4O/c1-13(2)17-6-4-14(3)8-21(17)30-20-7-5-16(22(23,24)25)9-18(20)29-19(12-28)15(10-26)11-27/h4-9,13,29H,1-3H3. The van der Waals surface area contributed by atoms with Crippen molar-refractivity contribution >= 4 is 5.69 Å². The van der Waals surface area contributed by atoms with E-state index in [2.05, 4.69) is 5.32 Å². The fourth-order valence-electron chi connectivity index (χ4n) is 2.64. The predicted octanol–water partition coefficient (Wildman–Crippen LogP) is 6.17. The zero-order valence-corrected chi connectivity index (χ0v) is 16.4. The molecular weight excluding hydrogens is 393 g/mol. The summed E-state index contributed by atoms with van der Waals surface area (Å²) in [7, 11) is 0. The second kappa shape index (κ2) is 9.03. The maximum absolute atomic E-state index is 13.2. The van der Waals surface area contributed by atoms with Gasteiger partial charge in [0.2, 0.25) is 0 Å². The van der Waals surface area contributed by atoms with Gasteiger partial charge in [-0.15, -0.1) is 0 Å². The average Bonchev–Trinajstić information content (AvgIpc) is 2.68. The monoisotopic (exact) mass is 410 g/mol. The first-order valence-corrected chi connectivity index (χ1v) is 8.82. The maximum atomic E-state index is 13.2. The van der Waals surface area contributed by atoms with Crippen LogP contribution in [0.1, 0.15) is 36.5 Å². The molecule has 0 saturated heterocycles. The van der Waals surface area contributed by atoms with Crippen molar-refractivity contribution in [3.63, 3.8) is 0 Å². The highest BCUT2D eigenvalue weighted by Crippen LogP contribution is 2.39. The largest absolute Gasteiger partial charge is 0.455 e. The summed E-state index contributed by atoms with van der Waals surface area (Å²) in [5.74, 6) is 0.555. The van der Waals surface area contributed by atoms with Gasteiger partial charge in [0.1, 0.15) is 29.7 Å². The Kier molecular flexibility index (Phi) is 6.72. The number of benzene rings is 2. The lowest BCUT2D eigenvalue weighted by atomic mass is 10.0. The second-order valence-electron chi connectivity index (χ2n) is 6.72. The van der Waals surface area contributed by atoms with Gasteiger partial charge >= 0.3 is 6.18 Å². The van der Waals surface area contributed by atoms with E-state index in [4.69, 9.17) is 15.3 Å². The summed E-state index contributed by atoms with van der Waals surface area (Å²) in [6.07, 6.45) is -4.63. The Morgan fingerprint density at radius 3 is 2.17 bits per heavy atom. The summed E-state index contributed by atoms with van der Waals surface area (Å²) in [6.45, 7) is 5.75. The fraction of sp³-hybridized carbons (Fsp3) is 0.227. The van der Waals surface area contributed by atoms with Crippen molar-refractivity contribution in [3.8, 4) is 29.7 Å². The summed E-state index contributed by atoms with van der Waals surface area (Å²) in [5.41, 5.74) is -0.460. The minimum absolute atomic E-state index is 0.0125. The minimum Gasteiger partial charge on any atom is -0.455 e. The van der Waals surface area contributed by atoms with Crippen LogP contribution in [-0.2, 0) is 6.18 Å². The van der Waals surface area contributed by atoms with Crippen molar-refractivity contribution in [1.82, 2.24) is 0 Å². The van der Waals surface area contributed by atoms with Crippen molar-refractivity contribution in [2.75, 3.05) is 5.32 Å². The van der Waals surface area contributed by atoms with Crippen LogP contribution in [-0.4, -0.2) is 0 Å². The Bertz CT molecular complexity index is 1100. The Morgan fingerprint density at radius 1 is 0.967 bits per heavy atom. The highest BCUT2D eigenvalue weighted by Gasteiger charge is 2.31. The molecule has 0 aliphatic rings. The third kappa shape index (κ3) is 5.10. The van der Waals surface area contributed by atoms with Gasteiger partial charge in [0, 0.05) is 0 Å². The highest BCUT2D eigenvalue weighted by atomic mass is 19.4. The van der Waals surface area contributed by atoms with E-state index < -0.39 is 23.0 Å². The molecule has 0 aliphatic heterocycles. The van der Waals surface area contributed by atoms with Gasteiger partial charge in [-0.3, -0.25) is 0 Å². The number of ether oxygens (including phenoxy) is 1. The lowest BCUT2D eigenvalue weighted by molar-refractivity contribution is -0.137. The van der Waals surface area contributed by atoms with Gasteiger partial charge in [0.25, 0.3) is 0 Å². The lowest BCUT2D eigenvalue weighted by Gasteiger charge is -2.18. The molecule has 2 rings (SSSR count). The first-order chi connectivity index (χ1) is 14.1. The first kappa shape index (κ1) is 22.3. The van der Waals surface area contributed by atoms with Crippen LogP contribution in [0.5, 0.6) is 11.5 Å². The molecule has 0 aliphatic carbocycles. The Hall–Kier alpha value is -3.96. The molecule has 5 nitrogen and oxygen atoms in total. The molecule has 30 heavy (non-hydrogen) atoms. The molecule has 0 saturated carbocycles. The molecule has 0 fully saturated rings. The molecular formula is C22H17F3N4O. The van der Waals surface area contributed by atoms with Gasteiger partial charge in [-0.2, -0.15) is 29.0 Å². The summed E-state index contributed by atoms with van der Waals surface area (Å²) >= 11 is 0. The number of hydrogen-bond donors (Lipinski definition) is 1. The normalized spacial score (nSPS) is 10.5. The average molecular weight is 410 g/mol. The quantitative estimate of drug-likeness (QED) is 0.595. The van der Waals surface area contributed by atoms with E-state index in [-0.39, 0.29) is 17.4 Å². The van der Waals surface area contributed by atoms with Crippen LogP contribution < -0.4 is 10.1 Å². The molecule has 0 heterocycles. The molecule has 2 aromatic carbocycles. The number of alkyl halides is 3. The van der Waals surface area contributed by atoms with Gasteiger partial charge in [-0.25, -0.2) is 0 Å². The van der Waals surface area contributed by atoms with Gasteiger partial charge < -0.3 is 10.1 Å². The molecule has 1 N–H and O–H groups in total. The van der Waals surface area contributed by atoms with E-state index in [0.29, 0.717) is 5.75 Å². The molecule has 8 heteroatoms.